The van der Waals surface area contributed by atoms with Gasteiger partial charge in [0.05, 0.1) is 12.3 Å². The topological polar surface area (TPSA) is 81.9 Å². The molecule has 0 radical (unpaired) electrons. The van der Waals surface area contributed by atoms with Crippen molar-refractivity contribution in [2.75, 3.05) is 39.8 Å². The van der Waals surface area contributed by atoms with Gasteiger partial charge in [-0.05, 0) is 62.7 Å². The third kappa shape index (κ3) is 6.55. The number of aliphatic imine (C=N–C) groups is 1. The van der Waals surface area contributed by atoms with Gasteiger partial charge in [-0.15, -0.1) is 0 Å². The van der Waals surface area contributed by atoms with E-state index in [0.717, 1.165) is 18.8 Å². The minimum atomic E-state index is -0.379. The Bertz CT molecular complexity index is 863. The quantitative estimate of drug-likeness (QED) is 0.342. The van der Waals surface area contributed by atoms with Crippen molar-refractivity contribution in [1.29, 1.82) is 0 Å². The van der Waals surface area contributed by atoms with Crippen LogP contribution < -0.4 is 16.0 Å². The Morgan fingerprint density at radius 1 is 1.16 bits per heavy atom. The van der Waals surface area contributed by atoms with Crippen LogP contribution in [0.2, 0.25) is 0 Å². The number of furan rings is 1. The number of benzene rings is 1. The number of likely N-dealkylation sites (tertiary alicyclic amines) is 1. The van der Waals surface area contributed by atoms with Crippen LogP contribution in [0, 0.1) is 12.7 Å². The predicted octanol–water partition coefficient (Wildman–Crippen LogP) is 2.85. The Hall–Kier alpha value is -2.87. The molecule has 2 heterocycles. The number of aryl methyl sites for hydroxylation is 1. The number of nitrogens with zero attached hydrogens (tertiary/aromatic N) is 2. The third-order valence-electron chi connectivity index (χ3n) is 5.53. The van der Waals surface area contributed by atoms with E-state index in [1.54, 1.807) is 32.4 Å². The lowest BCUT2D eigenvalue weighted by atomic mass is 10.1. The van der Waals surface area contributed by atoms with Crippen LogP contribution in [0.15, 0.2) is 46.0 Å². The number of hydrogen-bond donors (Lipinski definition) is 3. The molecule has 0 bridgehead atoms. The lowest BCUT2D eigenvalue weighted by Crippen LogP contribution is -2.46. The van der Waals surface area contributed by atoms with E-state index in [1.165, 1.54) is 25.3 Å². The molecule has 31 heavy (non-hydrogen) atoms. The van der Waals surface area contributed by atoms with Crippen LogP contribution in [-0.4, -0.2) is 56.5 Å². The van der Waals surface area contributed by atoms with Crippen molar-refractivity contribution in [1.82, 2.24) is 20.9 Å². The summed E-state index contributed by atoms with van der Waals surface area (Å²) >= 11 is 0. The summed E-state index contributed by atoms with van der Waals surface area (Å²) in [5.74, 6) is 0.925. The summed E-state index contributed by atoms with van der Waals surface area (Å²) in [6.45, 7) is 5.34. The van der Waals surface area contributed by atoms with Crippen molar-refractivity contribution in [3.05, 3.63) is 59.3 Å². The van der Waals surface area contributed by atoms with Gasteiger partial charge in [0.2, 0.25) is 0 Å². The molecule has 1 fully saturated rings. The maximum atomic E-state index is 13.6. The largest absolute Gasteiger partial charge is 0.468 e. The Balaban J connectivity index is 1.45. The minimum absolute atomic E-state index is 0.144. The van der Waals surface area contributed by atoms with Gasteiger partial charge in [-0.2, -0.15) is 0 Å². The highest BCUT2D eigenvalue weighted by molar-refractivity contribution is 5.94. The molecular weight excluding hydrogens is 397 g/mol. The van der Waals surface area contributed by atoms with Gasteiger partial charge in [0.15, 0.2) is 5.96 Å². The van der Waals surface area contributed by atoms with Crippen LogP contribution in [0.3, 0.4) is 0 Å². The van der Waals surface area contributed by atoms with Crippen LogP contribution in [0.4, 0.5) is 4.39 Å². The molecule has 1 aliphatic heterocycles. The van der Waals surface area contributed by atoms with Gasteiger partial charge in [-0.1, -0.05) is 12.5 Å². The summed E-state index contributed by atoms with van der Waals surface area (Å²) in [7, 11) is 1.71. The summed E-state index contributed by atoms with van der Waals surface area (Å²) in [4.78, 5) is 18.9. The molecule has 0 spiro atoms. The molecule has 7 nitrogen and oxygen atoms in total. The first-order valence-corrected chi connectivity index (χ1v) is 10.8. The van der Waals surface area contributed by atoms with E-state index < -0.39 is 0 Å². The van der Waals surface area contributed by atoms with Gasteiger partial charge in [0, 0.05) is 32.2 Å². The molecule has 0 aliphatic carbocycles. The van der Waals surface area contributed by atoms with E-state index in [0.29, 0.717) is 36.7 Å². The molecule has 1 aromatic carbocycles. The van der Waals surface area contributed by atoms with Crippen LogP contribution in [0.25, 0.3) is 0 Å². The molecule has 1 atom stereocenters. The number of carbonyl (C=O) groups excluding carboxylic acids is 1. The minimum Gasteiger partial charge on any atom is -0.468 e. The Morgan fingerprint density at radius 2 is 1.94 bits per heavy atom. The summed E-state index contributed by atoms with van der Waals surface area (Å²) in [5.41, 5.74) is 0.832. The van der Waals surface area contributed by atoms with E-state index >= 15 is 0 Å². The van der Waals surface area contributed by atoms with Gasteiger partial charge in [0.1, 0.15) is 11.6 Å². The lowest BCUT2D eigenvalue weighted by Gasteiger charge is -2.33. The number of carbonyl (C=O) groups is 1. The fourth-order valence-corrected chi connectivity index (χ4v) is 3.73. The number of hydrogen-bond acceptors (Lipinski definition) is 4. The maximum absolute atomic E-state index is 13.6. The van der Waals surface area contributed by atoms with Crippen molar-refractivity contribution >= 4 is 11.9 Å². The molecule has 8 heteroatoms. The van der Waals surface area contributed by atoms with Crippen LogP contribution >= 0.6 is 0 Å². The van der Waals surface area contributed by atoms with E-state index in [1.807, 2.05) is 12.1 Å². The fourth-order valence-electron chi connectivity index (χ4n) is 3.73. The number of guanidine groups is 1. The molecule has 3 N–H and O–H groups in total. The molecule has 1 unspecified atom stereocenters. The number of nitrogens with one attached hydrogen (secondary N) is 3. The van der Waals surface area contributed by atoms with Crippen LogP contribution in [0.5, 0.6) is 0 Å². The van der Waals surface area contributed by atoms with Gasteiger partial charge < -0.3 is 20.4 Å². The highest BCUT2D eigenvalue weighted by Gasteiger charge is 2.24. The Morgan fingerprint density at radius 3 is 2.61 bits per heavy atom. The molecule has 168 valence electrons. The van der Waals surface area contributed by atoms with E-state index in [4.69, 9.17) is 4.42 Å². The molecule has 1 amide bonds. The van der Waals surface area contributed by atoms with Crippen molar-refractivity contribution in [3.8, 4) is 0 Å². The first kappa shape index (κ1) is 22.8. The summed E-state index contributed by atoms with van der Waals surface area (Å²) < 4.78 is 19.3. The maximum Gasteiger partial charge on any atom is 0.251 e. The molecule has 1 aromatic heterocycles. The normalized spacial score (nSPS) is 16.0. The van der Waals surface area contributed by atoms with Crippen LogP contribution in [0.1, 0.15) is 47.0 Å². The molecular formula is C23H32FN5O2. The summed E-state index contributed by atoms with van der Waals surface area (Å²) in [6, 6.07) is 8.56. The number of rotatable bonds is 8. The van der Waals surface area contributed by atoms with Gasteiger partial charge >= 0.3 is 0 Å². The van der Waals surface area contributed by atoms with E-state index in [9.17, 15) is 9.18 Å². The zero-order chi connectivity index (χ0) is 22.1. The van der Waals surface area contributed by atoms with Crippen LogP contribution in [-0.2, 0) is 0 Å². The predicted molar refractivity (Wildman–Crippen MR) is 120 cm³/mol. The number of halogens is 1. The lowest BCUT2D eigenvalue weighted by molar-refractivity contribution is 0.0954. The van der Waals surface area contributed by atoms with Gasteiger partial charge in [-0.3, -0.25) is 14.7 Å². The van der Waals surface area contributed by atoms with Gasteiger partial charge in [0.25, 0.3) is 5.91 Å². The second-order valence-corrected chi connectivity index (χ2v) is 7.73. The second kappa shape index (κ2) is 11.5. The summed E-state index contributed by atoms with van der Waals surface area (Å²) in [6.07, 6.45) is 5.39. The zero-order valence-electron chi connectivity index (χ0n) is 18.3. The van der Waals surface area contributed by atoms with Gasteiger partial charge in [-0.25, -0.2) is 4.39 Å². The smallest absolute Gasteiger partial charge is 0.251 e. The average Bonchev–Trinajstić information content (AvgIpc) is 3.32. The summed E-state index contributed by atoms with van der Waals surface area (Å²) in [5, 5.41) is 9.35. The molecule has 3 rings (SSSR count). The highest BCUT2D eigenvalue weighted by Crippen LogP contribution is 2.24. The Kier molecular flexibility index (Phi) is 8.46. The number of piperidine rings is 1. The SMILES string of the molecule is CN=C(NCCNC(=O)c1ccc(C)c(F)c1)NCC(c1ccco1)N1CCCCC1. The Labute approximate surface area is 183 Å². The first-order valence-electron chi connectivity index (χ1n) is 10.8. The number of amides is 1. The first-order chi connectivity index (χ1) is 15.1. The highest BCUT2D eigenvalue weighted by atomic mass is 19.1. The molecule has 1 saturated heterocycles. The van der Waals surface area contributed by atoms with Crippen molar-refractivity contribution in [2.24, 2.45) is 4.99 Å². The standard InChI is InChI=1S/C23H32FN5O2/c1-17-8-9-18(15-19(17)24)22(30)26-10-11-27-23(25-2)28-16-20(21-7-6-14-31-21)29-12-4-3-5-13-29/h6-9,14-15,20H,3-5,10-13,16H2,1-2H3,(H,26,30)(H2,25,27,28). The van der Waals surface area contributed by atoms with E-state index in [2.05, 4.69) is 25.8 Å². The van der Waals surface area contributed by atoms with E-state index in [-0.39, 0.29) is 17.8 Å². The van der Waals surface area contributed by atoms with Crippen molar-refractivity contribution in [2.45, 2.75) is 32.2 Å². The molecule has 0 saturated carbocycles. The van der Waals surface area contributed by atoms with Crippen molar-refractivity contribution < 1.29 is 13.6 Å². The second-order valence-electron chi connectivity index (χ2n) is 7.73. The monoisotopic (exact) mass is 429 g/mol. The van der Waals surface area contributed by atoms with Crippen molar-refractivity contribution in [3.63, 3.8) is 0 Å². The molecule has 2 aromatic rings. The average molecular weight is 430 g/mol. The third-order valence-corrected chi connectivity index (χ3v) is 5.53. The zero-order valence-corrected chi connectivity index (χ0v) is 18.3. The fraction of sp³-hybridized carbons (Fsp3) is 0.478. The molecule has 1 aliphatic rings.